The Labute approximate surface area is 146 Å². The van der Waals surface area contributed by atoms with Crippen LogP contribution >= 0.6 is 11.6 Å². The van der Waals surface area contributed by atoms with Gasteiger partial charge in [0.1, 0.15) is 12.3 Å². The van der Waals surface area contributed by atoms with Gasteiger partial charge in [0, 0.05) is 24.4 Å². The molecule has 0 spiro atoms. The first kappa shape index (κ1) is 18.0. The molecule has 1 amide bonds. The van der Waals surface area contributed by atoms with E-state index in [4.69, 9.17) is 21.1 Å². The predicted molar refractivity (Wildman–Crippen MR) is 95.5 cm³/mol. The average molecular weight is 347 g/mol. The third-order valence-electron chi connectivity index (χ3n) is 3.18. The summed E-state index contributed by atoms with van der Waals surface area (Å²) < 4.78 is 10.4. The summed E-state index contributed by atoms with van der Waals surface area (Å²) >= 11 is 6.07. The Hall–Kier alpha value is -2.37. The summed E-state index contributed by atoms with van der Waals surface area (Å²) in [5.41, 5.74) is 2.35. The molecule has 24 heavy (non-hydrogen) atoms. The number of methoxy groups -OCH3 is 1. The largest absolute Gasteiger partial charge is 0.474 e. The van der Waals surface area contributed by atoms with Crippen LogP contribution in [0, 0.1) is 6.92 Å². The van der Waals surface area contributed by atoms with Gasteiger partial charge in [0.05, 0.1) is 6.61 Å². The number of hydrogen-bond acceptors (Lipinski definition) is 4. The number of pyridine rings is 1. The van der Waals surface area contributed by atoms with Gasteiger partial charge in [0.25, 0.3) is 0 Å². The van der Waals surface area contributed by atoms with E-state index in [1.807, 2.05) is 25.1 Å². The molecule has 2 rings (SSSR count). The van der Waals surface area contributed by atoms with Crippen molar-refractivity contribution in [1.29, 1.82) is 0 Å². The van der Waals surface area contributed by atoms with E-state index < -0.39 is 0 Å². The molecular weight excluding hydrogens is 328 g/mol. The average Bonchev–Trinajstić information content (AvgIpc) is 2.58. The molecule has 0 atom stereocenters. The molecule has 0 fully saturated rings. The van der Waals surface area contributed by atoms with Crippen LogP contribution in [0.4, 0.5) is 5.69 Å². The molecule has 1 heterocycles. The van der Waals surface area contributed by atoms with Crippen molar-refractivity contribution in [3.05, 3.63) is 58.8 Å². The van der Waals surface area contributed by atoms with E-state index in [0.29, 0.717) is 29.8 Å². The van der Waals surface area contributed by atoms with Crippen molar-refractivity contribution >= 4 is 29.3 Å². The van der Waals surface area contributed by atoms with Crippen molar-refractivity contribution in [3.63, 3.8) is 0 Å². The Morgan fingerprint density at radius 1 is 1.33 bits per heavy atom. The highest BCUT2D eigenvalue weighted by Crippen LogP contribution is 2.21. The molecule has 1 N–H and O–H groups in total. The van der Waals surface area contributed by atoms with Crippen molar-refractivity contribution in [3.8, 4) is 5.88 Å². The summed E-state index contributed by atoms with van der Waals surface area (Å²) in [6.07, 6.45) is 4.73. The summed E-state index contributed by atoms with van der Waals surface area (Å²) in [6, 6.07) is 9.06. The summed E-state index contributed by atoms with van der Waals surface area (Å²) in [5.74, 6) is 0.0750. The monoisotopic (exact) mass is 346 g/mol. The summed E-state index contributed by atoms with van der Waals surface area (Å²) in [6.45, 7) is 2.72. The molecule has 0 radical (unpaired) electrons. The SMILES string of the molecule is COCCOc1ncccc1NC(=O)/C=C/c1ccc(C)c(Cl)c1. The molecule has 126 valence electrons. The van der Waals surface area contributed by atoms with Gasteiger partial charge in [0.2, 0.25) is 11.8 Å². The fraction of sp³-hybridized carbons (Fsp3) is 0.222. The number of aromatic nitrogens is 1. The van der Waals surface area contributed by atoms with E-state index in [2.05, 4.69) is 10.3 Å². The highest BCUT2D eigenvalue weighted by Gasteiger charge is 2.07. The number of hydrogen-bond donors (Lipinski definition) is 1. The maximum absolute atomic E-state index is 12.1. The summed E-state index contributed by atoms with van der Waals surface area (Å²) in [7, 11) is 1.59. The maximum Gasteiger partial charge on any atom is 0.248 e. The van der Waals surface area contributed by atoms with Gasteiger partial charge < -0.3 is 14.8 Å². The van der Waals surface area contributed by atoms with Gasteiger partial charge in [-0.2, -0.15) is 0 Å². The molecular formula is C18H19ClN2O3. The Kier molecular flexibility index (Phi) is 6.78. The molecule has 1 aromatic heterocycles. The number of carbonyl (C=O) groups excluding carboxylic acids is 1. The second kappa shape index (κ2) is 9.05. The zero-order valence-electron chi connectivity index (χ0n) is 13.6. The number of anilines is 1. The van der Waals surface area contributed by atoms with Gasteiger partial charge in [0.15, 0.2) is 0 Å². The number of halogens is 1. The first-order valence-corrected chi connectivity index (χ1v) is 7.80. The van der Waals surface area contributed by atoms with Crippen molar-refractivity contribution in [2.24, 2.45) is 0 Å². The van der Waals surface area contributed by atoms with Crippen LogP contribution in [-0.4, -0.2) is 31.2 Å². The fourth-order valence-corrected chi connectivity index (χ4v) is 2.07. The lowest BCUT2D eigenvalue weighted by Gasteiger charge is -2.09. The quantitative estimate of drug-likeness (QED) is 0.613. The van der Waals surface area contributed by atoms with Gasteiger partial charge in [-0.1, -0.05) is 23.7 Å². The molecule has 0 aliphatic rings. The molecule has 0 saturated heterocycles. The van der Waals surface area contributed by atoms with Crippen LogP contribution in [-0.2, 0) is 9.53 Å². The minimum atomic E-state index is -0.281. The molecule has 5 nitrogen and oxygen atoms in total. The highest BCUT2D eigenvalue weighted by atomic mass is 35.5. The van der Waals surface area contributed by atoms with E-state index in [1.165, 1.54) is 6.08 Å². The van der Waals surface area contributed by atoms with E-state index in [0.717, 1.165) is 11.1 Å². The molecule has 0 bridgehead atoms. The second-order valence-electron chi connectivity index (χ2n) is 5.03. The van der Waals surface area contributed by atoms with E-state index >= 15 is 0 Å². The second-order valence-corrected chi connectivity index (χ2v) is 5.44. The number of amides is 1. The van der Waals surface area contributed by atoms with Crippen LogP contribution in [0.3, 0.4) is 0 Å². The normalized spacial score (nSPS) is 10.8. The third kappa shape index (κ3) is 5.37. The van der Waals surface area contributed by atoms with Crippen LogP contribution in [0.2, 0.25) is 5.02 Å². The highest BCUT2D eigenvalue weighted by molar-refractivity contribution is 6.31. The lowest BCUT2D eigenvalue weighted by atomic mass is 10.1. The number of ether oxygens (including phenoxy) is 2. The van der Waals surface area contributed by atoms with Crippen molar-refractivity contribution in [2.75, 3.05) is 25.6 Å². The molecule has 0 saturated carbocycles. The third-order valence-corrected chi connectivity index (χ3v) is 3.59. The topological polar surface area (TPSA) is 60.5 Å². The summed E-state index contributed by atoms with van der Waals surface area (Å²) in [4.78, 5) is 16.2. The van der Waals surface area contributed by atoms with Crippen LogP contribution in [0.15, 0.2) is 42.6 Å². The minimum absolute atomic E-state index is 0.281. The van der Waals surface area contributed by atoms with Crippen LogP contribution in [0.25, 0.3) is 6.08 Å². The van der Waals surface area contributed by atoms with Gasteiger partial charge in [-0.15, -0.1) is 0 Å². The van der Waals surface area contributed by atoms with Crippen LogP contribution in [0.5, 0.6) is 5.88 Å². The number of rotatable bonds is 7. The number of aryl methyl sites for hydroxylation is 1. The van der Waals surface area contributed by atoms with Crippen LogP contribution < -0.4 is 10.1 Å². The lowest BCUT2D eigenvalue weighted by molar-refractivity contribution is -0.111. The van der Waals surface area contributed by atoms with Gasteiger partial charge in [-0.3, -0.25) is 4.79 Å². The Morgan fingerprint density at radius 2 is 2.17 bits per heavy atom. The molecule has 6 heteroatoms. The smallest absolute Gasteiger partial charge is 0.248 e. The Balaban J connectivity index is 2.01. The van der Waals surface area contributed by atoms with Gasteiger partial charge in [-0.25, -0.2) is 4.98 Å². The first-order valence-electron chi connectivity index (χ1n) is 7.42. The van der Waals surface area contributed by atoms with Crippen molar-refractivity contribution in [1.82, 2.24) is 4.98 Å². The molecule has 0 aliphatic heterocycles. The first-order chi connectivity index (χ1) is 11.6. The maximum atomic E-state index is 12.1. The Morgan fingerprint density at radius 3 is 2.92 bits per heavy atom. The standard InChI is InChI=1S/C18H19ClN2O3/c1-13-5-6-14(12-15(13)19)7-8-17(22)21-16-4-3-9-20-18(16)24-11-10-23-2/h3-9,12H,10-11H2,1-2H3,(H,21,22)/b8-7+. The molecule has 0 aliphatic carbocycles. The molecule has 1 aromatic carbocycles. The zero-order chi connectivity index (χ0) is 17.4. The van der Waals surface area contributed by atoms with E-state index in [9.17, 15) is 4.79 Å². The number of nitrogens with one attached hydrogen (secondary N) is 1. The summed E-state index contributed by atoms with van der Waals surface area (Å²) in [5, 5.41) is 3.41. The van der Waals surface area contributed by atoms with E-state index in [1.54, 1.807) is 31.5 Å². The predicted octanol–water partition coefficient (Wildman–Crippen LogP) is 3.72. The van der Waals surface area contributed by atoms with Crippen molar-refractivity contribution in [2.45, 2.75) is 6.92 Å². The zero-order valence-corrected chi connectivity index (χ0v) is 14.3. The fourth-order valence-electron chi connectivity index (χ4n) is 1.88. The van der Waals surface area contributed by atoms with Gasteiger partial charge in [-0.05, 0) is 42.3 Å². The van der Waals surface area contributed by atoms with E-state index in [-0.39, 0.29) is 5.91 Å². The Bertz CT molecular complexity index is 732. The number of benzene rings is 1. The van der Waals surface area contributed by atoms with Crippen molar-refractivity contribution < 1.29 is 14.3 Å². The number of nitrogens with zero attached hydrogens (tertiary/aromatic N) is 1. The lowest BCUT2D eigenvalue weighted by Crippen LogP contribution is -2.12. The van der Waals surface area contributed by atoms with Crippen LogP contribution in [0.1, 0.15) is 11.1 Å². The van der Waals surface area contributed by atoms with Gasteiger partial charge >= 0.3 is 0 Å². The number of carbonyl (C=O) groups is 1. The molecule has 2 aromatic rings. The molecule has 0 unspecified atom stereocenters. The minimum Gasteiger partial charge on any atom is -0.474 e.